The van der Waals surface area contributed by atoms with E-state index in [0.29, 0.717) is 44.4 Å². The Morgan fingerprint density at radius 2 is 1.76 bits per heavy atom. The van der Waals surface area contributed by atoms with Crippen molar-refractivity contribution in [3.63, 3.8) is 0 Å². The molecular formula is C28H24ClN5O3S. The second-order valence-corrected chi connectivity index (χ2v) is 10.2. The topological polar surface area (TPSA) is 109 Å². The zero-order valence-electron chi connectivity index (χ0n) is 20.6. The summed E-state index contributed by atoms with van der Waals surface area (Å²) in [6, 6.07) is 21.0. The number of benzene rings is 3. The summed E-state index contributed by atoms with van der Waals surface area (Å²) in [6.07, 6.45) is 0. The molecule has 2 heterocycles. The summed E-state index contributed by atoms with van der Waals surface area (Å²) >= 11 is 7.47. The van der Waals surface area contributed by atoms with E-state index in [0.717, 1.165) is 11.1 Å². The Labute approximate surface area is 228 Å². The number of allylic oxidation sites excluding steroid dienone is 1. The number of hydrogen-bond donors (Lipinski definition) is 3. The lowest BCUT2D eigenvalue weighted by Crippen LogP contribution is -2.31. The van der Waals surface area contributed by atoms with Crippen molar-refractivity contribution in [1.29, 1.82) is 0 Å². The minimum Gasteiger partial charge on any atom is -0.478 e. The van der Waals surface area contributed by atoms with Crippen LogP contribution in [0.15, 0.2) is 89.2 Å². The standard InChI is InChI=1S/C28H24ClN5O3S/c1-16-5-3-4-6-22(16)31-25(35)23-17(2)30-27-32-28(38-15-18-7-13-21(29)14-8-18)33-34(27)24(23)19-9-11-20(12-10-19)26(36)37/h3-14,24H,15H2,1-2H3,(H,31,35)(H,36,37)(H,30,32,33)/t24-/m0/s1. The Kier molecular flexibility index (Phi) is 7.22. The van der Waals surface area contributed by atoms with E-state index in [-0.39, 0.29) is 11.5 Å². The number of rotatable bonds is 7. The molecular weight excluding hydrogens is 522 g/mol. The molecule has 5 rings (SSSR count). The van der Waals surface area contributed by atoms with E-state index >= 15 is 0 Å². The van der Waals surface area contributed by atoms with Crippen LogP contribution in [-0.2, 0) is 10.5 Å². The molecule has 0 unspecified atom stereocenters. The van der Waals surface area contributed by atoms with E-state index in [2.05, 4.69) is 15.6 Å². The number of hydrogen-bond acceptors (Lipinski definition) is 6. The van der Waals surface area contributed by atoms with Crippen molar-refractivity contribution >= 4 is 46.9 Å². The van der Waals surface area contributed by atoms with E-state index in [1.165, 1.54) is 23.9 Å². The maximum atomic E-state index is 13.7. The molecule has 1 aromatic heterocycles. The highest BCUT2D eigenvalue weighted by atomic mass is 35.5. The smallest absolute Gasteiger partial charge is 0.335 e. The Bertz CT molecular complexity index is 1550. The van der Waals surface area contributed by atoms with Crippen molar-refractivity contribution in [3.8, 4) is 0 Å². The number of amides is 1. The van der Waals surface area contributed by atoms with E-state index < -0.39 is 12.0 Å². The van der Waals surface area contributed by atoms with Gasteiger partial charge in [-0.05, 0) is 60.9 Å². The Morgan fingerprint density at radius 1 is 1.05 bits per heavy atom. The summed E-state index contributed by atoms with van der Waals surface area (Å²) in [5, 5.41) is 21.6. The molecule has 0 fully saturated rings. The van der Waals surface area contributed by atoms with Crippen molar-refractivity contribution in [3.05, 3.63) is 111 Å². The lowest BCUT2D eigenvalue weighted by atomic mass is 9.94. The second kappa shape index (κ2) is 10.7. The molecule has 0 radical (unpaired) electrons. The van der Waals surface area contributed by atoms with Gasteiger partial charge in [0.2, 0.25) is 11.1 Å². The number of carboxylic acid groups (broad SMARTS) is 1. The van der Waals surface area contributed by atoms with Gasteiger partial charge in [0.1, 0.15) is 6.04 Å². The number of carbonyl (C=O) groups excluding carboxylic acids is 1. The SMILES string of the molecule is CC1=C(C(=O)Nc2ccccc2C)[C@H](c2ccc(C(=O)O)cc2)n2nc(SCc3ccc(Cl)cc3)nc2N1. The molecule has 10 heteroatoms. The number of fused-ring (bicyclic) bond motifs is 1. The third kappa shape index (κ3) is 5.29. The molecule has 0 saturated heterocycles. The first-order valence-electron chi connectivity index (χ1n) is 11.8. The van der Waals surface area contributed by atoms with Crippen molar-refractivity contribution < 1.29 is 14.7 Å². The van der Waals surface area contributed by atoms with Gasteiger partial charge in [-0.2, -0.15) is 4.98 Å². The van der Waals surface area contributed by atoms with Crippen LogP contribution >= 0.6 is 23.4 Å². The highest BCUT2D eigenvalue weighted by molar-refractivity contribution is 7.98. The minimum absolute atomic E-state index is 0.160. The van der Waals surface area contributed by atoms with Crippen LogP contribution in [0.25, 0.3) is 0 Å². The zero-order valence-corrected chi connectivity index (χ0v) is 22.2. The molecule has 1 amide bonds. The number of aromatic carboxylic acids is 1. The van der Waals surface area contributed by atoms with Crippen molar-refractivity contribution in [2.24, 2.45) is 0 Å². The monoisotopic (exact) mass is 545 g/mol. The van der Waals surface area contributed by atoms with E-state index in [4.69, 9.17) is 16.7 Å². The normalized spacial score (nSPS) is 14.6. The number of carbonyl (C=O) groups is 2. The molecule has 1 aliphatic heterocycles. The first kappa shape index (κ1) is 25.6. The fourth-order valence-corrected chi connectivity index (χ4v) is 5.15. The van der Waals surface area contributed by atoms with Gasteiger partial charge >= 0.3 is 5.97 Å². The van der Waals surface area contributed by atoms with Crippen LogP contribution in [0, 0.1) is 6.92 Å². The fourth-order valence-electron chi connectivity index (χ4n) is 4.23. The van der Waals surface area contributed by atoms with Crippen LogP contribution in [0.5, 0.6) is 0 Å². The van der Waals surface area contributed by atoms with E-state index in [1.54, 1.807) is 16.8 Å². The molecule has 3 N–H and O–H groups in total. The van der Waals surface area contributed by atoms with Crippen LogP contribution in [0.1, 0.15) is 40.0 Å². The maximum absolute atomic E-state index is 13.7. The molecule has 0 bridgehead atoms. The van der Waals surface area contributed by atoms with Crippen LogP contribution < -0.4 is 10.6 Å². The highest BCUT2D eigenvalue weighted by Gasteiger charge is 2.34. The maximum Gasteiger partial charge on any atom is 0.335 e. The molecule has 192 valence electrons. The van der Waals surface area contributed by atoms with Gasteiger partial charge in [0.15, 0.2) is 0 Å². The largest absolute Gasteiger partial charge is 0.478 e. The number of nitrogens with zero attached hydrogens (tertiary/aromatic N) is 3. The summed E-state index contributed by atoms with van der Waals surface area (Å²) in [7, 11) is 0. The molecule has 0 aliphatic carbocycles. The molecule has 1 atom stereocenters. The number of halogens is 1. The van der Waals surface area contributed by atoms with Crippen LogP contribution in [0.4, 0.5) is 11.6 Å². The van der Waals surface area contributed by atoms with Gasteiger partial charge in [0.05, 0.1) is 11.1 Å². The first-order chi connectivity index (χ1) is 18.3. The van der Waals surface area contributed by atoms with Crippen LogP contribution in [0.3, 0.4) is 0 Å². The Hall–Kier alpha value is -4.08. The van der Waals surface area contributed by atoms with E-state index in [1.807, 2.05) is 62.4 Å². The number of aryl methyl sites for hydroxylation is 1. The number of anilines is 2. The average Bonchev–Trinajstić information content (AvgIpc) is 3.31. The first-order valence-corrected chi connectivity index (χ1v) is 13.2. The predicted octanol–water partition coefficient (Wildman–Crippen LogP) is 6.16. The molecule has 0 saturated carbocycles. The van der Waals surface area contributed by atoms with Gasteiger partial charge in [-0.3, -0.25) is 4.79 Å². The molecule has 1 aliphatic rings. The summed E-state index contributed by atoms with van der Waals surface area (Å²) in [4.78, 5) is 29.8. The van der Waals surface area contributed by atoms with Gasteiger partial charge in [-0.25, -0.2) is 9.48 Å². The lowest BCUT2D eigenvalue weighted by molar-refractivity contribution is -0.113. The summed E-state index contributed by atoms with van der Waals surface area (Å²) in [5.41, 5.74) is 4.70. The summed E-state index contributed by atoms with van der Waals surface area (Å²) < 4.78 is 1.68. The third-order valence-corrected chi connectivity index (χ3v) is 7.39. The number of thioether (sulfide) groups is 1. The Morgan fingerprint density at radius 3 is 2.45 bits per heavy atom. The molecule has 4 aromatic rings. The van der Waals surface area contributed by atoms with Crippen LogP contribution in [0.2, 0.25) is 5.02 Å². The lowest BCUT2D eigenvalue weighted by Gasteiger charge is -2.29. The van der Waals surface area contributed by atoms with Gasteiger partial charge < -0.3 is 15.7 Å². The van der Waals surface area contributed by atoms with Crippen molar-refractivity contribution in [1.82, 2.24) is 14.8 Å². The van der Waals surface area contributed by atoms with Crippen molar-refractivity contribution in [2.45, 2.75) is 30.8 Å². The molecule has 38 heavy (non-hydrogen) atoms. The second-order valence-electron chi connectivity index (χ2n) is 8.84. The van der Waals surface area contributed by atoms with E-state index in [9.17, 15) is 14.7 Å². The average molecular weight is 546 g/mol. The third-order valence-electron chi connectivity index (χ3n) is 6.23. The van der Waals surface area contributed by atoms with Gasteiger partial charge in [-0.1, -0.05) is 65.8 Å². The van der Waals surface area contributed by atoms with Gasteiger partial charge in [0.25, 0.3) is 5.91 Å². The van der Waals surface area contributed by atoms with Crippen LogP contribution in [-0.4, -0.2) is 31.7 Å². The minimum atomic E-state index is -1.02. The number of nitrogens with one attached hydrogen (secondary N) is 2. The van der Waals surface area contributed by atoms with Gasteiger partial charge in [-0.15, -0.1) is 5.10 Å². The fraction of sp³-hybridized carbons (Fsp3) is 0.143. The quantitative estimate of drug-likeness (QED) is 0.239. The Balaban J connectivity index is 1.50. The summed E-state index contributed by atoms with van der Waals surface area (Å²) in [6.45, 7) is 3.75. The molecule has 0 spiro atoms. The van der Waals surface area contributed by atoms with Gasteiger partial charge in [0, 0.05) is 22.2 Å². The number of aromatic nitrogens is 3. The summed E-state index contributed by atoms with van der Waals surface area (Å²) in [5.74, 6) is -0.159. The molecule has 3 aromatic carbocycles. The van der Waals surface area contributed by atoms with Crippen molar-refractivity contribution in [2.75, 3.05) is 10.6 Å². The highest BCUT2D eigenvalue weighted by Crippen LogP contribution is 2.37. The number of para-hydroxylation sites is 1. The predicted molar refractivity (Wildman–Crippen MR) is 149 cm³/mol. The zero-order chi connectivity index (χ0) is 26.8. The molecule has 8 nitrogen and oxygen atoms in total. The number of carboxylic acids is 1.